The van der Waals surface area contributed by atoms with E-state index in [2.05, 4.69) is 36.4 Å². The molecule has 0 saturated heterocycles. The molecule has 0 aliphatic heterocycles. The van der Waals surface area contributed by atoms with E-state index in [4.69, 9.17) is 9.40 Å². The zero-order valence-corrected chi connectivity index (χ0v) is 13.5. The fourth-order valence-electron chi connectivity index (χ4n) is 3.30. The van der Waals surface area contributed by atoms with Crippen LogP contribution in [0.3, 0.4) is 0 Å². The standard InChI is InChI=1S/C23H15NO/c1-2-8-16(9-3-1)20-13-7-14-21(24-20)19-12-6-11-18-17-10-4-5-15-22(17)25-23(18)19/h1-15H. The minimum atomic E-state index is 0.890. The van der Waals surface area contributed by atoms with E-state index >= 15 is 0 Å². The molecule has 0 fully saturated rings. The van der Waals surface area contributed by atoms with Crippen molar-refractivity contribution in [3.63, 3.8) is 0 Å². The number of hydrogen-bond acceptors (Lipinski definition) is 2. The first-order valence-electron chi connectivity index (χ1n) is 8.33. The molecule has 0 amide bonds. The summed E-state index contributed by atoms with van der Waals surface area (Å²) in [6.45, 7) is 0. The van der Waals surface area contributed by atoms with E-state index in [0.29, 0.717) is 0 Å². The van der Waals surface area contributed by atoms with Gasteiger partial charge in [-0.25, -0.2) is 4.98 Å². The maximum Gasteiger partial charge on any atom is 0.144 e. The number of nitrogens with zero attached hydrogens (tertiary/aromatic N) is 1. The minimum Gasteiger partial charge on any atom is -0.455 e. The summed E-state index contributed by atoms with van der Waals surface area (Å²) in [4.78, 5) is 4.87. The molecule has 2 heterocycles. The van der Waals surface area contributed by atoms with Gasteiger partial charge in [-0.1, -0.05) is 66.7 Å². The van der Waals surface area contributed by atoms with Crippen molar-refractivity contribution in [2.75, 3.05) is 0 Å². The van der Waals surface area contributed by atoms with Gasteiger partial charge >= 0.3 is 0 Å². The van der Waals surface area contributed by atoms with Crippen LogP contribution in [-0.2, 0) is 0 Å². The molecule has 2 heteroatoms. The van der Waals surface area contributed by atoms with Crippen molar-refractivity contribution >= 4 is 21.9 Å². The van der Waals surface area contributed by atoms with E-state index in [1.165, 1.54) is 0 Å². The normalized spacial score (nSPS) is 11.2. The van der Waals surface area contributed by atoms with Crippen LogP contribution in [0, 0.1) is 0 Å². The van der Waals surface area contributed by atoms with E-state index in [-0.39, 0.29) is 0 Å². The molecule has 0 atom stereocenters. The highest BCUT2D eigenvalue weighted by Gasteiger charge is 2.13. The number of furan rings is 1. The van der Waals surface area contributed by atoms with Gasteiger partial charge in [-0.15, -0.1) is 0 Å². The van der Waals surface area contributed by atoms with Gasteiger partial charge in [-0.2, -0.15) is 0 Å². The first kappa shape index (κ1) is 14.0. The Labute approximate surface area is 145 Å². The van der Waals surface area contributed by atoms with Gasteiger partial charge in [0.05, 0.1) is 11.4 Å². The zero-order valence-electron chi connectivity index (χ0n) is 13.5. The lowest BCUT2D eigenvalue weighted by atomic mass is 10.1. The second-order valence-corrected chi connectivity index (χ2v) is 6.05. The highest BCUT2D eigenvalue weighted by molar-refractivity contribution is 6.09. The maximum atomic E-state index is 6.14. The molecule has 5 rings (SSSR count). The Morgan fingerprint density at radius 1 is 0.560 bits per heavy atom. The van der Waals surface area contributed by atoms with Crippen molar-refractivity contribution in [3.8, 4) is 22.5 Å². The van der Waals surface area contributed by atoms with Crippen molar-refractivity contribution < 1.29 is 4.42 Å². The van der Waals surface area contributed by atoms with Gasteiger partial charge in [0.2, 0.25) is 0 Å². The lowest BCUT2D eigenvalue weighted by Gasteiger charge is -2.05. The molecule has 118 valence electrons. The van der Waals surface area contributed by atoms with Crippen LogP contribution in [0.25, 0.3) is 44.5 Å². The van der Waals surface area contributed by atoms with Crippen molar-refractivity contribution in [1.29, 1.82) is 0 Å². The Balaban J connectivity index is 1.74. The van der Waals surface area contributed by atoms with Crippen LogP contribution in [0.5, 0.6) is 0 Å². The predicted molar refractivity (Wildman–Crippen MR) is 102 cm³/mol. The molecule has 3 aromatic carbocycles. The molecule has 0 unspecified atom stereocenters. The second kappa shape index (κ2) is 5.60. The summed E-state index contributed by atoms with van der Waals surface area (Å²) in [7, 11) is 0. The molecular weight excluding hydrogens is 306 g/mol. The van der Waals surface area contributed by atoms with Crippen LogP contribution in [0.15, 0.2) is 95.4 Å². The van der Waals surface area contributed by atoms with E-state index in [0.717, 1.165) is 44.5 Å². The van der Waals surface area contributed by atoms with Crippen molar-refractivity contribution in [2.24, 2.45) is 0 Å². The lowest BCUT2D eigenvalue weighted by molar-refractivity contribution is 0.670. The molecule has 0 radical (unpaired) electrons. The van der Waals surface area contributed by atoms with Gasteiger partial charge in [0, 0.05) is 21.9 Å². The Kier molecular flexibility index (Phi) is 3.14. The van der Waals surface area contributed by atoms with Crippen molar-refractivity contribution in [2.45, 2.75) is 0 Å². The summed E-state index contributed by atoms with van der Waals surface area (Å²) in [5.41, 5.74) is 5.82. The van der Waals surface area contributed by atoms with Crippen LogP contribution in [-0.4, -0.2) is 4.98 Å². The van der Waals surface area contributed by atoms with Crippen LogP contribution in [0.4, 0.5) is 0 Å². The molecule has 0 aliphatic carbocycles. The average Bonchev–Trinajstić information content (AvgIpc) is 3.07. The molecule has 2 aromatic heterocycles. The summed E-state index contributed by atoms with van der Waals surface area (Å²) in [5, 5.41) is 2.26. The number of benzene rings is 3. The Morgan fingerprint density at radius 3 is 2.20 bits per heavy atom. The lowest BCUT2D eigenvalue weighted by Crippen LogP contribution is -1.88. The van der Waals surface area contributed by atoms with Gasteiger partial charge in [0.15, 0.2) is 0 Å². The maximum absolute atomic E-state index is 6.14. The molecule has 5 aromatic rings. The fourth-order valence-corrected chi connectivity index (χ4v) is 3.30. The van der Waals surface area contributed by atoms with Crippen LogP contribution in [0.1, 0.15) is 0 Å². The molecule has 25 heavy (non-hydrogen) atoms. The third kappa shape index (κ3) is 2.31. The predicted octanol–water partition coefficient (Wildman–Crippen LogP) is 6.32. The molecule has 2 nitrogen and oxygen atoms in total. The minimum absolute atomic E-state index is 0.890. The summed E-state index contributed by atoms with van der Waals surface area (Å²) in [5.74, 6) is 0. The largest absolute Gasteiger partial charge is 0.455 e. The first-order valence-corrected chi connectivity index (χ1v) is 8.33. The monoisotopic (exact) mass is 321 g/mol. The number of pyridine rings is 1. The number of rotatable bonds is 2. The highest BCUT2D eigenvalue weighted by Crippen LogP contribution is 2.35. The van der Waals surface area contributed by atoms with E-state index in [1.807, 2.05) is 54.6 Å². The van der Waals surface area contributed by atoms with E-state index in [1.54, 1.807) is 0 Å². The van der Waals surface area contributed by atoms with Gasteiger partial charge in [0.25, 0.3) is 0 Å². The Hall–Kier alpha value is -3.39. The summed E-state index contributed by atoms with van der Waals surface area (Å²) < 4.78 is 6.14. The third-order valence-electron chi connectivity index (χ3n) is 4.50. The molecular formula is C23H15NO. The Bertz CT molecular complexity index is 1190. The SMILES string of the molecule is c1ccc(-c2cccc(-c3cccc4c3oc3ccccc34)n2)cc1. The summed E-state index contributed by atoms with van der Waals surface area (Å²) >= 11 is 0. The third-order valence-corrected chi connectivity index (χ3v) is 4.50. The Morgan fingerprint density at radius 2 is 1.28 bits per heavy atom. The van der Waals surface area contributed by atoms with Crippen molar-refractivity contribution in [3.05, 3.63) is 91.0 Å². The molecule has 0 aliphatic rings. The van der Waals surface area contributed by atoms with Gasteiger partial charge < -0.3 is 4.42 Å². The second-order valence-electron chi connectivity index (χ2n) is 6.05. The summed E-state index contributed by atoms with van der Waals surface area (Å²) in [6, 6.07) is 30.7. The van der Waals surface area contributed by atoms with E-state index < -0.39 is 0 Å². The first-order chi connectivity index (χ1) is 12.4. The molecule has 0 N–H and O–H groups in total. The number of para-hydroxylation sites is 2. The quantitative estimate of drug-likeness (QED) is 0.380. The average molecular weight is 321 g/mol. The van der Waals surface area contributed by atoms with Gasteiger partial charge in [0.1, 0.15) is 11.2 Å². The molecule has 0 spiro atoms. The van der Waals surface area contributed by atoms with Gasteiger partial charge in [-0.05, 0) is 24.3 Å². The topological polar surface area (TPSA) is 26.0 Å². The van der Waals surface area contributed by atoms with Crippen LogP contribution in [0.2, 0.25) is 0 Å². The van der Waals surface area contributed by atoms with Crippen molar-refractivity contribution in [1.82, 2.24) is 4.98 Å². The zero-order chi connectivity index (χ0) is 16.6. The fraction of sp³-hybridized carbons (Fsp3) is 0. The highest BCUT2D eigenvalue weighted by atomic mass is 16.3. The summed E-state index contributed by atoms with van der Waals surface area (Å²) in [6.07, 6.45) is 0. The van der Waals surface area contributed by atoms with Crippen LogP contribution >= 0.6 is 0 Å². The van der Waals surface area contributed by atoms with E-state index in [9.17, 15) is 0 Å². The number of hydrogen-bond donors (Lipinski definition) is 0. The number of aromatic nitrogens is 1. The molecule has 0 saturated carbocycles. The van der Waals surface area contributed by atoms with Gasteiger partial charge in [-0.3, -0.25) is 0 Å². The smallest absolute Gasteiger partial charge is 0.144 e. The molecule has 0 bridgehead atoms. The van der Waals surface area contributed by atoms with Crippen LogP contribution < -0.4 is 0 Å². The number of fused-ring (bicyclic) bond motifs is 3.